The summed E-state index contributed by atoms with van der Waals surface area (Å²) in [5, 5.41) is 0. The SMILES string of the molecule is CC(C)(c1cccc(SC(F)(F)F)c1)C1(N)CC1. The van der Waals surface area contributed by atoms with Crippen LogP contribution in [0, 0.1) is 0 Å². The normalized spacial score (nSPS) is 18.8. The zero-order valence-corrected chi connectivity index (χ0v) is 11.2. The number of rotatable bonds is 3. The van der Waals surface area contributed by atoms with Crippen LogP contribution >= 0.6 is 11.8 Å². The van der Waals surface area contributed by atoms with Crippen molar-refractivity contribution in [1.29, 1.82) is 0 Å². The minimum Gasteiger partial charge on any atom is -0.324 e. The number of nitrogens with two attached hydrogens (primary N) is 1. The van der Waals surface area contributed by atoms with Crippen LogP contribution in [0.2, 0.25) is 0 Å². The van der Waals surface area contributed by atoms with Gasteiger partial charge in [-0.1, -0.05) is 26.0 Å². The first kappa shape index (κ1) is 13.7. The third-order valence-electron chi connectivity index (χ3n) is 3.82. The van der Waals surface area contributed by atoms with Crippen LogP contribution in [0.25, 0.3) is 0 Å². The maximum atomic E-state index is 12.4. The summed E-state index contributed by atoms with van der Waals surface area (Å²) in [5.74, 6) is 0. The molecule has 100 valence electrons. The van der Waals surface area contributed by atoms with Crippen LogP contribution in [0.5, 0.6) is 0 Å². The Morgan fingerprint density at radius 2 is 1.83 bits per heavy atom. The molecule has 0 radical (unpaired) electrons. The van der Waals surface area contributed by atoms with Crippen LogP contribution in [0.1, 0.15) is 32.3 Å². The number of benzene rings is 1. The fourth-order valence-corrected chi connectivity index (χ4v) is 2.73. The summed E-state index contributed by atoms with van der Waals surface area (Å²) in [6.45, 7) is 3.99. The molecule has 1 fully saturated rings. The van der Waals surface area contributed by atoms with Gasteiger partial charge in [-0.05, 0) is 42.3 Å². The van der Waals surface area contributed by atoms with Crippen LogP contribution in [0.4, 0.5) is 13.2 Å². The first-order valence-corrected chi connectivity index (χ1v) is 6.61. The van der Waals surface area contributed by atoms with Crippen molar-refractivity contribution in [2.75, 3.05) is 0 Å². The lowest BCUT2D eigenvalue weighted by atomic mass is 9.76. The molecule has 1 aliphatic rings. The Hall–Kier alpha value is -0.680. The van der Waals surface area contributed by atoms with E-state index in [1.165, 1.54) is 6.07 Å². The Morgan fingerprint density at radius 3 is 2.33 bits per heavy atom. The van der Waals surface area contributed by atoms with E-state index in [2.05, 4.69) is 0 Å². The molecule has 2 rings (SSSR count). The van der Waals surface area contributed by atoms with E-state index in [0.717, 1.165) is 18.4 Å². The lowest BCUT2D eigenvalue weighted by molar-refractivity contribution is -0.0328. The molecule has 0 aliphatic heterocycles. The number of hydrogen-bond acceptors (Lipinski definition) is 2. The van der Waals surface area contributed by atoms with Gasteiger partial charge in [0.05, 0.1) is 0 Å². The molecule has 5 heteroatoms. The molecule has 1 nitrogen and oxygen atoms in total. The molecule has 1 aliphatic carbocycles. The van der Waals surface area contributed by atoms with Crippen molar-refractivity contribution in [3.05, 3.63) is 29.8 Å². The van der Waals surface area contributed by atoms with Crippen molar-refractivity contribution in [2.24, 2.45) is 5.73 Å². The van der Waals surface area contributed by atoms with E-state index < -0.39 is 5.51 Å². The highest BCUT2D eigenvalue weighted by atomic mass is 32.2. The minimum absolute atomic E-state index is 0.0788. The highest BCUT2D eigenvalue weighted by molar-refractivity contribution is 8.00. The third kappa shape index (κ3) is 2.67. The quantitative estimate of drug-likeness (QED) is 0.842. The first-order chi connectivity index (χ1) is 8.14. The smallest absolute Gasteiger partial charge is 0.324 e. The first-order valence-electron chi connectivity index (χ1n) is 5.79. The van der Waals surface area contributed by atoms with Gasteiger partial charge in [-0.2, -0.15) is 13.2 Å². The van der Waals surface area contributed by atoms with Crippen molar-refractivity contribution in [2.45, 2.75) is 48.0 Å². The molecule has 0 aromatic heterocycles. The van der Waals surface area contributed by atoms with E-state index in [4.69, 9.17) is 5.73 Å². The molecule has 1 aromatic rings. The van der Waals surface area contributed by atoms with Gasteiger partial charge in [0.25, 0.3) is 0 Å². The van der Waals surface area contributed by atoms with E-state index in [0.29, 0.717) is 0 Å². The van der Waals surface area contributed by atoms with Crippen molar-refractivity contribution in [3.63, 3.8) is 0 Å². The molecular weight excluding hydrogens is 259 g/mol. The number of alkyl halides is 3. The second kappa shape index (κ2) is 4.17. The summed E-state index contributed by atoms with van der Waals surface area (Å²) in [7, 11) is 0. The zero-order valence-electron chi connectivity index (χ0n) is 10.3. The second-order valence-electron chi connectivity index (χ2n) is 5.36. The summed E-state index contributed by atoms with van der Waals surface area (Å²) in [5.41, 5.74) is 2.26. The van der Waals surface area contributed by atoms with Gasteiger partial charge >= 0.3 is 5.51 Å². The van der Waals surface area contributed by atoms with Gasteiger partial charge in [0.15, 0.2) is 0 Å². The molecule has 18 heavy (non-hydrogen) atoms. The van der Waals surface area contributed by atoms with Gasteiger partial charge in [-0.3, -0.25) is 0 Å². The predicted octanol–water partition coefficient (Wildman–Crippen LogP) is 4.07. The Kier molecular flexibility index (Phi) is 3.18. The number of thioether (sulfide) groups is 1. The van der Waals surface area contributed by atoms with Gasteiger partial charge in [0, 0.05) is 15.8 Å². The van der Waals surface area contributed by atoms with Crippen molar-refractivity contribution in [1.82, 2.24) is 0 Å². The number of hydrogen-bond donors (Lipinski definition) is 1. The lowest BCUT2D eigenvalue weighted by Crippen LogP contribution is -2.43. The molecule has 1 aromatic carbocycles. The molecule has 0 unspecified atom stereocenters. The van der Waals surface area contributed by atoms with E-state index >= 15 is 0 Å². The van der Waals surface area contributed by atoms with Crippen LogP contribution in [0.15, 0.2) is 29.2 Å². The highest BCUT2D eigenvalue weighted by Gasteiger charge is 2.51. The summed E-state index contributed by atoms with van der Waals surface area (Å²) in [6.07, 6.45) is 1.85. The maximum absolute atomic E-state index is 12.4. The van der Waals surface area contributed by atoms with E-state index in [-0.39, 0.29) is 27.6 Å². The highest BCUT2D eigenvalue weighted by Crippen LogP contribution is 2.49. The van der Waals surface area contributed by atoms with Crippen molar-refractivity contribution >= 4 is 11.8 Å². The Labute approximate surface area is 109 Å². The van der Waals surface area contributed by atoms with E-state index in [9.17, 15) is 13.2 Å². The zero-order chi connectivity index (χ0) is 13.6. The number of halogens is 3. The summed E-state index contributed by atoms with van der Waals surface area (Å²) >= 11 is -0.0788. The van der Waals surface area contributed by atoms with Crippen LogP contribution in [-0.4, -0.2) is 11.0 Å². The standard InChI is InChI=1S/C13H16F3NS/c1-11(2,12(17)6-7-12)9-4-3-5-10(8-9)18-13(14,15)16/h3-5,8H,6-7,17H2,1-2H3. The van der Waals surface area contributed by atoms with Crippen LogP contribution in [0.3, 0.4) is 0 Å². The third-order valence-corrected chi connectivity index (χ3v) is 4.54. The largest absolute Gasteiger partial charge is 0.446 e. The van der Waals surface area contributed by atoms with E-state index in [1.54, 1.807) is 12.1 Å². The predicted molar refractivity (Wildman–Crippen MR) is 67.5 cm³/mol. The van der Waals surface area contributed by atoms with Gasteiger partial charge in [0.2, 0.25) is 0 Å². The Balaban J connectivity index is 2.27. The molecule has 0 bridgehead atoms. The molecule has 0 amide bonds. The minimum atomic E-state index is -4.25. The average Bonchev–Trinajstić information content (AvgIpc) is 2.96. The summed E-state index contributed by atoms with van der Waals surface area (Å²) in [6, 6.07) is 6.60. The Bertz CT molecular complexity index is 450. The monoisotopic (exact) mass is 275 g/mol. The molecule has 0 heterocycles. The molecule has 2 N–H and O–H groups in total. The Morgan fingerprint density at radius 1 is 1.22 bits per heavy atom. The molecular formula is C13H16F3NS. The maximum Gasteiger partial charge on any atom is 0.446 e. The van der Waals surface area contributed by atoms with Gasteiger partial charge in [0.1, 0.15) is 0 Å². The van der Waals surface area contributed by atoms with Gasteiger partial charge in [-0.25, -0.2) is 0 Å². The second-order valence-corrected chi connectivity index (χ2v) is 6.50. The lowest BCUT2D eigenvalue weighted by Gasteiger charge is -2.32. The van der Waals surface area contributed by atoms with Gasteiger partial charge < -0.3 is 5.73 Å². The van der Waals surface area contributed by atoms with E-state index in [1.807, 2.05) is 19.9 Å². The van der Waals surface area contributed by atoms with Crippen LogP contribution < -0.4 is 5.73 Å². The average molecular weight is 275 g/mol. The molecule has 1 saturated carbocycles. The topological polar surface area (TPSA) is 26.0 Å². The van der Waals surface area contributed by atoms with Gasteiger partial charge in [-0.15, -0.1) is 0 Å². The van der Waals surface area contributed by atoms with Crippen LogP contribution in [-0.2, 0) is 5.41 Å². The van der Waals surface area contributed by atoms with Crippen molar-refractivity contribution < 1.29 is 13.2 Å². The summed E-state index contributed by atoms with van der Waals surface area (Å²) < 4.78 is 37.1. The summed E-state index contributed by atoms with van der Waals surface area (Å²) in [4.78, 5) is 0.220. The van der Waals surface area contributed by atoms with Crippen molar-refractivity contribution in [3.8, 4) is 0 Å². The molecule has 0 spiro atoms. The fourth-order valence-electron chi connectivity index (χ4n) is 2.13. The molecule has 0 atom stereocenters. The molecule has 0 saturated heterocycles. The fraction of sp³-hybridized carbons (Fsp3) is 0.538.